The minimum atomic E-state index is -0.378. The van der Waals surface area contributed by atoms with E-state index < -0.39 is 0 Å². The predicted molar refractivity (Wildman–Crippen MR) is 85.8 cm³/mol. The number of aryl methyl sites for hydroxylation is 2. The van der Waals surface area contributed by atoms with Gasteiger partial charge >= 0.3 is 0 Å². The topological polar surface area (TPSA) is 61.0 Å². The predicted octanol–water partition coefficient (Wildman–Crippen LogP) is 3.97. The van der Waals surface area contributed by atoms with E-state index in [0.29, 0.717) is 0 Å². The lowest BCUT2D eigenvalue weighted by atomic mass is 10.1. The quantitative estimate of drug-likeness (QED) is 0.393. The first-order chi connectivity index (χ1) is 10.7. The molecule has 0 unspecified atom stereocenters. The average Bonchev–Trinajstić information content (AvgIpc) is 2.95. The highest BCUT2D eigenvalue weighted by molar-refractivity contribution is 5.81. The number of nitro groups is 1. The fourth-order valence-corrected chi connectivity index (χ4v) is 2.60. The zero-order valence-corrected chi connectivity index (χ0v) is 12.2. The summed E-state index contributed by atoms with van der Waals surface area (Å²) in [5, 5.41) is 15.9. The van der Waals surface area contributed by atoms with Gasteiger partial charge in [-0.1, -0.05) is 30.3 Å². The molecule has 0 amide bonds. The Morgan fingerprint density at radius 1 is 1.09 bits per heavy atom. The minimum absolute atomic E-state index is 0.108. The van der Waals surface area contributed by atoms with Gasteiger partial charge in [0, 0.05) is 24.1 Å². The van der Waals surface area contributed by atoms with Gasteiger partial charge in [-0.25, -0.2) is 0 Å². The smallest absolute Gasteiger partial charge is 0.265 e. The summed E-state index contributed by atoms with van der Waals surface area (Å²) in [6, 6.07) is 15.3. The molecule has 0 fully saturated rings. The summed E-state index contributed by atoms with van der Waals surface area (Å²) in [6.45, 7) is 0.828. The van der Waals surface area contributed by atoms with Gasteiger partial charge in [0.15, 0.2) is 0 Å². The molecule has 0 aliphatic rings. The summed E-state index contributed by atoms with van der Waals surface area (Å²) in [5.41, 5.74) is 2.41. The molecule has 0 atom stereocenters. The maximum atomic E-state index is 10.8. The number of nitro benzene ring substituents is 1. The van der Waals surface area contributed by atoms with Gasteiger partial charge in [-0.15, -0.1) is 0 Å². The molecule has 0 saturated carbocycles. The van der Waals surface area contributed by atoms with E-state index >= 15 is 0 Å². The number of fused-ring (bicyclic) bond motifs is 1. The molecule has 1 heterocycles. The van der Waals surface area contributed by atoms with Crippen LogP contribution in [0.3, 0.4) is 0 Å². The highest BCUT2D eigenvalue weighted by Gasteiger charge is 2.09. The second-order valence-corrected chi connectivity index (χ2v) is 5.31. The molecule has 0 aliphatic heterocycles. The summed E-state index contributed by atoms with van der Waals surface area (Å²) in [4.78, 5) is 10.4. The van der Waals surface area contributed by atoms with Gasteiger partial charge in [0.2, 0.25) is 0 Å². The fraction of sp³-hybridized carbons (Fsp3) is 0.235. The average molecular weight is 295 g/mol. The second kappa shape index (κ2) is 6.39. The molecule has 3 aromatic rings. The standard InChI is InChI=1S/C17H17N3O2/c21-20(22)16-9-10-17-15(12-16)13-18-19(17)11-5-4-8-14-6-2-1-3-7-14/h1-3,6-7,9-10,12-13H,4-5,8,11H2. The number of nitrogens with zero attached hydrogens (tertiary/aromatic N) is 3. The van der Waals surface area contributed by atoms with Crippen LogP contribution in [-0.4, -0.2) is 14.7 Å². The van der Waals surface area contributed by atoms with Crippen LogP contribution >= 0.6 is 0 Å². The van der Waals surface area contributed by atoms with Crippen molar-refractivity contribution in [1.82, 2.24) is 9.78 Å². The fourth-order valence-electron chi connectivity index (χ4n) is 2.60. The van der Waals surface area contributed by atoms with Crippen molar-refractivity contribution in [3.8, 4) is 0 Å². The van der Waals surface area contributed by atoms with Crippen LogP contribution in [0.1, 0.15) is 18.4 Å². The van der Waals surface area contributed by atoms with Crippen LogP contribution in [0.15, 0.2) is 54.7 Å². The summed E-state index contributed by atoms with van der Waals surface area (Å²) in [5.74, 6) is 0. The van der Waals surface area contributed by atoms with Crippen LogP contribution in [0.25, 0.3) is 10.9 Å². The van der Waals surface area contributed by atoms with E-state index in [9.17, 15) is 10.1 Å². The minimum Gasteiger partial charge on any atom is -0.265 e. The number of non-ortho nitro benzene ring substituents is 1. The molecule has 3 rings (SSSR count). The van der Waals surface area contributed by atoms with Gasteiger partial charge in [-0.2, -0.15) is 5.10 Å². The lowest BCUT2D eigenvalue weighted by Gasteiger charge is -2.04. The van der Waals surface area contributed by atoms with E-state index in [0.717, 1.165) is 36.7 Å². The molecular weight excluding hydrogens is 278 g/mol. The van der Waals surface area contributed by atoms with Crippen molar-refractivity contribution in [2.45, 2.75) is 25.8 Å². The third kappa shape index (κ3) is 3.14. The van der Waals surface area contributed by atoms with Crippen LogP contribution in [0, 0.1) is 10.1 Å². The van der Waals surface area contributed by atoms with E-state index in [4.69, 9.17) is 0 Å². The summed E-state index contributed by atoms with van der Waals surface area (Å²) in [6.07, 6.45) is 4.88. The van der Waals surface area contributed by atoms with Crippen LogP contribution < -0.4 is 0 Å². The summed E-state index contributed by atoms with van der Waals surface area (Å²) < 4.78 is 1.92. The van der Waals surface area contributed by atoms with Gasteiger partial charge in [0.25, 0.3) is 5.69 Å². The Bertz CT molecular complexity index is 781. The Labute approximate surface area is 128 Å². The van der Waals surface area contributed by atoms with E-state index in [1.165, 1.54) is 11.6 Å². The number of unbranched alkanes of at least 4 members (excludes halogenated alkanes) is 1. The van der Waals surface area contributed by atoms with Crippen LogP contribution in [0.5, 0.6) is 0 Å². The molecule has 22 heavy (non-hydrogen) atoms. The van der Waals surface area contributed by atoms with Gasteiger partial charge in [-0.3, -0.25) is 14.8 Å². The molecule has 0 bridgehead atoms. The van der Waals surface area contributed by atoms with Crippen molar-refractivity contribution in [3.05, 3.63) is 70.4 Å². The summed E-state index contributed by atoms with van der Waals surface area (Å²) in [7, 11) is 0. The molecule has 0 aliphatic carbocycles. The van der Waals surface area contributed by atoms with Crippen LogP contribution in [0.2, 0.25) is 0 Å². The number of aromatic nitrogens is 2. The largest absolute Gasteiger partial charge is 0.270 e. The first-order valence-corrected chi connectivity index (χ1v) is 7.38. The molecule has 2 aromatic carbocycles. The van der Waals surface area contributed by atoms with E-state index in [1.807, 2.05) is 10.7 Å². The maximum absolute atomic E-state index is 10.8. The third-order valence-corrected chi connectivity index (χ3v) is 3.76. The second-order valence-electron chi connectivity index (χ2n) is 5.31. The van der Waals surface area contributed by atoms with Gasteiger partial charge in [0.1, 0.15) is 0 Å². The number of rotatable bonds is 6. The van der Waals surface area contributed by atoms with E-state index in [-0.39, 0.29) is 10.6 Å². The molecule has 0 spiro atoms. The normalized spacial score (nSPS) is 10.9. The van der Waals surface area contributed by atoms with Crippen LogP contribution in [0.4, 0.5) is 5.69 Å². The van der Waals surface area contributed by atoms with Gasteiger partial charge in [0.05, 0.1) is 16.6 Å². The van der Waals surface area contributed by atoms with Crippen LogP contribution in [-0.2, 0) is 13.0 Å². The Hall–Kier alpha value is -2.69. The lowest BCUT2D eigenvalue weighted by Crippen LogP contribution is -2.00. The van der Waals surface area contributed by atoms with E-state index in [2.05, 4.69) is 29.4 Å². The zero-order valence-electron chi connectivity index (χ0n) is 12.2. The molecule has 112 valence electrons. The Balaban J connectivity index is 1.61. The van der Waals surface area contributed by atoms with Crippen molar-refractivity contribution < 1.29 is 4.92 Å². The first-order valence-electron chi connectivity index (χ1n) is 7.38. The maximum Gasteiger partial charge on any atom is 0.270 e. The highest BCUT2D eigenvalue weighted by Crippen LogP contribution is 2.21. The van der Waals surface area contributed by atoms with Crippen molar-refractivity contribution >= 4 is 16.6 Å². The monoisotopic (exact) mass is 295 g/mol. The molecule has 0 radical (unpaired) electrons. The Kier molecular flexibility index (Phi) is 4.14. The Morgan fingerprint density at radius 3 is 2.68 bits per heavy atom. The highest BCUT2D eigenvalue weighted by atomic mass is 16.6. The number of hydrogen-bond donors (Lipinski definition) is 0. The lowest BCUT2D eigenvalue weighted by molar-refractivity contribution is -0.384. The molecular formula is C17H17N3O2. The number of hydrogen-bond acceptors (Lipinski definition) is 3. The molecule has 0 saturated heterocycles. The van der Waals surface area contributed by atoms with Gasteiger partial charge < -0.3 is 0 Å². The SMILES string of the molecule is O=[N+]([O-])c1ccc2c(cnn2CCCCc2ccccc2)c1. The zero-order chi connectivity index (χ0) is 15.4. The third-order valence-electron chi connectivity index (χ3n) is 3.76. The molecule has 5 nitrogen and oxygen atoms in total. The van der Waals surface area contributed by atoms with Gasteiger partial charge in [-0.05, 0) is 30.9 Å². The van der Waals surface area contributed by atoms with Crippen molar-refractivity contribution in [2.75, 3.05) is 0 Å². The van der Waals surface area contributed by atoms with Crippen molar-refractivity contribution in [2.24, 2.45) is 0 Å². The van der Waals surface area contributed by atoms with Crippen molar-refractivity contribution in [1.29, 1.82) is 0 Å². The molecule has 0 N–H and O–H groups in total. The van der Waals surface area contributed by atoms with E-state index in [1.54, 1.807) is 18.3 Å². The Morgan fingerprint density at radius 2 is 1.91 bits per heavy atom. The summed E-state index contributed by atoms with van der Waals surface area (Å²) >= 11 is 0. The van der Waals surface area contributed by atoms with Crippen molar-refractivity contribution in [3.63, 3.8) is 0 Å². The number of benzene rings is 2. The first kappa shape index (κ1) is 14.3. The molecule has 5 heteroatoms. The molecule has 1 aromatic heterocycles.